The molecule has 0 aromatic heterocycles. The first kappa shape index (κ1) is 13.6. The number of amides is 1. The van der Waals surface area contributed by atoms with Gasteiger partial charge in [0.05, 0.1) is 6.04 Å². The molecule has 0 bridgehead atoms. The molecule has 0 spiro atoms. The maximum Gasteiger partial charge on any atom is 0.244 e. The lowest BCUT2D eigenvalue weighted by atomic mass is 10.0. The first-order chi connectivity index (χ1) is 9.78. The zero-order chi connectivity index (χ0) is 13.9. The summed E-state index contributed by atoms with van der Waals surface area (Å²) in [6.07, 6.45) is 6.81. The van der Waals surface area contributed by atoms with E-state index < -0.39 is 0 Å². The Hall–Kier alpha value is -1.35. The van der Waals surface area contributed by atoms with Crippen LogP contribution in [0.4, 0.5) is 5.69 Å². The van der Waals surface area contributed by atoms with Crippen LogP contribution >= 0.6 is 0 Å². The van der Waals surface area contributed by atoms with Gasteiger partial charge in [-0.15, -0.1) is 0 Å². The lowest BCUT2D eigenvalue weighted by molar-refractivity contribution is -0.121. The van der Waals surface area contributed by atoms with Crippen LogP contribution in [0.3, 0.4) is 0 Å². The molecule has 20 heavy (non-hydrogen) atoms. The van der Waals surface area contributed by atoms with Crippen LogP contribution in [0.25, 0.3) is 0 Å². The van der Waals surface area contributed by atoms with Gasteiger partial charge in [-0.05, 0) is 49.8 Å². The molecule has 3 rings (SSSR count). The predicted molar refractivity (Wildman–Crippen MR) is 82.0 cm³/mol. The van der Waals surface area contributed by atoms with Crippen LogP contribution in [0.15, 0.2) is 24.3 Å². The highest BCUT2D eigenvalue weighted by Crippen LogP contribution is 2.25. The number of nitrogens with one attached hydrogen (secondary N) is 1. The van der Waals surface area contributed by atoms with Gasteiger partial charge in [0.1, 0.15) is 0 Å². The number of aryl methyl sites for hydroxylation is 1. The smallest absolute Gasteiger partial charge is 0.244 e. The molecule has 0 radical (unpaired) electrons. The van der Waals surface area contributed by atoms with Gasteiger partial charge in [-0.25, -0.2) is 0 Å². The molecule has 2 aliphatic rings. The van der Waals surface area contributed by atoms with E-state index >= 15 is 0 Å². The molecular weight excluding hydrogens is 248 g/mol. The zero-order valence-electron chi connectivity index (χ0n) is 12.3. The van der Waals surface area contributed by atoms with E-state index in [0.29, 0.717) is 6.04 Å². The number of nitrogens with zero attached hydrogens (tertiary/aromatic N) is 1. The average Bonchev–Trinajstić information content (AvgIpc) is 3.27. The van der Waals surface area contributed by atoms with Crippen molar-refractivity contribution >= 4 is 11.6 Å². The van der Waals surface area contributed by atoms with Crippen molar-refractivity contribution in [1.29, 1.82) is 0 Å². The van der Waals surface area contributed by atoms with Crippen molar-refractivity contribution in [2.75, 3.05) is 11.4 Å². The molecule has 1 heterocycles. The molecule has 1 unspecified atom stereocenters. The summed E-state index contributed by atoms with van der Waals surface area (Å²) in [7, 11) is 0. The molecule has 1 aromatic carbocycles. The highest BCUT2D eigenvalue weighted by molar-refractivity contribution is 5.98. The van der Waals surface area contributed by atoms with E-state index in [1.807, 2.05) is 4.90 Å². The topological polar surface area (TPSA) is 32.3 Å². The van der Waals surface area contributed by atoms with Crippen molar-refractivity contribution in [1.82, 2.24) is 5.32 Å². The van der Waals surface area contributed by atoms with Crippen LogP contribution in [-0.4, -0.2) is 24.5 Å². The fraction of sp³-hybridized carbons (Fsp3) is 0.588. The normalized spacial score (nSPS) is 23.1. The van der Waals surface area contributed by atoms with Gasteiger partial charge in [0.2, 0.25) is 5.91 Å². The Balaban J connectivity index is 1.69. The molecule has 1 atom stereocenters. The second-order valence-corrected chi connectivity index (χ2v) is 6.04. The second kappa shape index (κ2) is 5.96. The molecule has 2 fully saturated rings. The molecule has 1 aliphatic heterocycles. The number of anilines is 1. The predicted octanol–water partition coefficient (Wildman–Crippen LogP) is 2.89. The number of carbonyl (C=O) groups is 1. The van der Waals surface area contributed by atoms with E-state index in [4.69, 9.17) is 0 Å². The molecule has 3 heteroatoms. The highest BCUT2D eigenvalue weighted by Gasteiger charge is 2.33. The summed E-state index contributed by atoms with van der Waals surface area (Å²) in [5.41, 5.74) is 2.41. The fourth-order valence-electron chi connectivity index (χ4n) is 2.95. The van der Waals surface area contributed by atoms with E-state index in [1.54, 1.807) is 0 Å². The monoisotopic (exact) mass is 272 g/mol. The minimum Gasteiger partial charge on any atom is -0.311 e. The number of hydrogen-bond donors (Lipinski definition) is 1. The Labute approximate surface area is 121 Å². The zero-order valence-corrected chi connectivity index (χ0v) is 12.3. The van der Waals surface area contributed by atoms with Crippen molar-refractivity contribution in [2.45, 2.75) is 57.5 Å². The van der Waals surface area contributed by atoms with Crippen LogP contribution in [0.5, 0.6) is 0 Å². The molecule has 3 nitrogen and oxygen atoms in total. The first-order valence-electron chi connectivity index (χ1n) is 7.94. The Morgan fingerprint density at radius 1 is 1.20 bits per heavy atom. The fourth-order valence-corrected chi connectivity index (χ4v) is 2.95. The largest absolute Gasteiger partial charge is 0.311 e. The SMILES string of the molecule is CCCc1ccc(N2CCCC(NC3CC3)C2=O)cc1. The lowest BCUT2D eigenvalue weighted by Crippen LogP contribution is -2.51. The van der Waals surface area contributed by atoms with Crippen molar-refractivity contribution in [3.8, 4) is 0 Å². The molecule has 1 saturated carbocycles. The van der Waals surface area contributed by atoms with Crippen LogP contribution < -0.4 is 10.2 Å². The van der Waals surface area contributed by atoms with Gasteiger partial charge in [-0.3, -0.25) is 4.79 Å². The van der Waals surface area contributed by atoms with E-state index in [2.05, 4.69) is 36.5 Å². The maximum atomic E-state index is 12.6. The summed E-state index contributed by atoms with van der Waals surface area (Å²) in [6.45, 7) is 3.05. The Morgan fingerprint density at radius 2 is 1.95 bits per heavy atom. The van der Waals surface area contributed by atoms with Gasteiger partial charge in [0, 0.05) is 18.3 Å². The number of hydrogen-bond acceptors (Lipinski definition) is 2. The molecule has 1 aliphatic carbocycles. The minimum atomic E-state index is 0.0339. The van der Waals surface area contributed by atoms with Crippen molar-refractivity contribution in [3.05, 3.63) is 29.8 Å². The van der Waals surface area contributed by atoms with Gasteiger partial charge in [-0.1, -0.05) is 25.5 Å². The van der Waals surface area contributed by atoms with Gasteiger partial charge < -0.3 is 10.2 Å². The molecule has 1 aromatic rings. The van der Waals surface area contributed by atoms with Crippen molar-refractivity contribution < 1.29 is 4.79 Å². The molecule has 108 valence electrons. The number of benzene rings is 1. The second-order valence-electron chi connectivity index (χ2n) is 6.04. The standard InChI is InChI=1S/C17H24N2O/c1-2-4-13-6-10-15(11-7-13)19-12-3-5-16(17(19)20)18-14-8-9-14/h6-7,10-11,14,16,18H,2-5,8-9,12H2,1H3. The molecule has 1 amide bonds. The third-order valence-corrected chi connectivity index (χ3v) is 4.24. The summed E-state index contributed by atoms with van der Waals surface area (Å²) in [5.74, 6) is 0.256. The van der Waals surface area contributed by atoms with Crippen LogP contribution in [0, 0.1) is 0 Å². The molecule has 1 saturated heterocycles. The highest BCUT2D eigenvalue weighted by atomic mass is 16.2. The minimum absolute atomic E-state index is 0.0339. The summed E-state index contributed by atoms with van der Waals surface area (Å²) in [4.78, 5) is 14.5. The van der Waals surface area contributed by atoms with Gasteiger partial charge in [0.15, 0.2) is 0 Å². The van der Waals surface area contributed by atoms with E-state index in [-0.39, 0.29) is 11.9 Å². The summed E-state index contributed by atoms with van der Waals surface area (Å²) in [6, 6.07) is 9.14. The van der Waals surface area contributed by atoms with Crippen LogP contribution in [-0.2, 0) is 11.2 Å². The number of carbonyl (C=O) groups excluding carboxylic acids is 1. The number of rotatable bonds is 5. The van der Waals surface area contributed by atoms with Gasteiger partial charge >= 0.3 is 0 Å². The number of piperidine rings is 1. The third kappa shape index (κ3) is 3.04. The van der Waals surface area contributed by atoms with Crippen molar-refractivity contribution in [3.63, 3.8) is 0 Å². The van der Waals surface area contributed by atoms with E-state index in [0.717, 1.165) is 37.9 Å². The van der Waals surface area contributed by atoms with Gasteiger partial charge in [0.25, 0.3) is 0 Å². The average molecular weight is 272 g/mol. The summed E-state index contributed by atoms with van der Waals surface area (Å²) >= 11 is 0. The maximum absolute atomic E-state index is 12.6. The first-order valence-corrected chi connectivity index (χ1v) is 7.94. The third-order valence-electron chi connectivity index (χ3n) is 4.24. The van der Waals surface area contributed by atoms with Crippen LogP contribution in [0.1, 0.15) is 44.6 Å². The lowest BCUT2D eigenvalue weighted by Gasteiger charge is -2.33. The summed E-state index contributed by atoms with van der Waals surface area (Å²) < 4.78 is 0. The van der Waals surface area contributed by atoms with E-state index in [9.17, 15) is 4.79 Å². The van der Waals surface area contributed by atoms with Crippen LogP contribution in [0.2, 0.25) is 0 Å². The van der Waals surface area contributed by atoms with Crippen molar-refractivity contribution in [2.24, 2.45) is 0 Å². The quantitative estimate of drug-likeness (QED) is 0.894. The van der Waals surface area contributed by atoms with E-state index in [1.165, 1.54) is 18.4 Å². The Kier molecular flexibility index (Phi) is 4.06. The Morgan fingerprint density at radius 3 is 2.60 bits per heavy atom. The molecule has 1 N–H and O–H groups in total. The van der Waals surface area contributed by atoms with Gasteiger partial charge in [-0.2, -0.15) is 0 Å². The Bertz CT molecular complexity index is 464. The summed E-state index contributed by atoms with van der Waals surface area (Å²) in [5, 5.41) is 3.48. The molecular formula is C17H24N2O.